The second-order valence-electron chi connectivity index (χ2n) is 5.72. The zero-order valence-electron chi connectivity index (χ0n) is 14.6. The molecule has 3 rings (SSSR count). The number of hydrogen-bond acceptors (Lipinski definition) is 5. The average Bonchev–Trinajstić information content (AvgIpc) is 2.64. The number of hydroxylamine groups is 1. The van der Waals surface area contributed by atoms with Crippen LogP contribution in [0.5, 0.6) is 0 Å². The van der Waals surface area contributed by atoms with E-state index in [1.54, 1.807) is 12.4 Å². The van der Waals surface area contributed by atoms with Crippen molar-refractivity contribution in [2.24, 2.45) is 0 Å². The van der Waals surface area contributed by atoms with E-state index in [-0.39, 0.29) is 24.4 Å². The maximum absolute atomic E-state index is 11.1. The highest BCUT2D eigenvalue weighted by atomic mass is 35.5. The van der Waals surface area contributed by atoms with Gasteiger partial charge < -0.3 is 5.32 Å². The first kappa shape index (κ1) is 19.6. The number of nitrogens with one attached hydrogen (secondary N) is 2. The molecule has 0 saturated carbocycles. The fourth-order valence-electron chi connectivity index (χ4n) is 2.55. The van der Waals surface area contributed by atoms with Crippen molar-refractivity contribution in [1.29, 1.82) is 0 Å². The van der Waals surface area contributed by atoms with Crippen LogP contribution in [0.25, 0.3) is 11.0 Å². The number of amides is 1. The van der Waals surface area contributed by atoms with Crippen molar-refractivity contribution in [3.05, 3.63) is 66.0 Å². The lowest BCUT2D eigenvalue weighted by Gasteiger charge is -2.19. The Morgan fingerprint density at radius 1 is 1.15 bits per heavy atom. The molecule has 0 fully saturated rings. The van der Waals surface area contributed by atoms with Gasteiger partial charge in [0, 0.05) is 31.4 Å². The minimum absolute atomic E-state index is 0. The summed E-state index contributed by atoms with van der Waals surface area (Å²) in [5, 5.41) is 3.45. The van der Waals surface area contributed by atoms with Crippen LogP contribution in [0, 0.1) is 0 Å². The van der Waals surface area contributed by atoms with Crippen molar-refractivity contribution in [1.82, 2.24) is 15.4 Å². The molecule has 2 heterocycles. The highest BCUT2D eigenvalue weighted by Gasteiger charge is 2.16. The van der Waals surface area contributed by atoms with Gasteiger partial charge in [0.05, 0.1) is 11.2 Å². The molecule has 0 saturated heterocycles. The van der Waals surface area contributed by atoms with E-state index in [9.17, 15) is 4.79 Å². The molecule has 1 amide bonds. The fourth-order valence-corrected chi connectivity index (χ4v) is 2.55. The maximum atomic E-state index is 11.1. The molecule has 6 nitrogen and oxygen atoms in total. The summed E-state index contributed by atoms with van der Waals surface area (Å²) < 4.78 is 0. The van der Waals surface area contributed by atoms with Crippen molar-refractivity contribution in [2.75, 3.05) is 5.32 Å². The van der Waals surface area contributed by atoms with E-state index in [4.69, 9.17) is 4.84 Å². The molecule has 136 valence electrons. The molecule has 0 aliphatic rings. The van der Waals surface area contributed by atoms with Crippen LogP contribution in [-0.2, 0) is 16.2 Å². The maximum Gasteiger partial charge on any atom is 0.240 e. The van der Waals surface area contributed by atoms with Crippen LogP contribution in [0.2, 0.25) is 0 Å². The molecule has 0 aliphatic carbocycles. The Balaban J connectivity index is 0.00000243. The smallest absolute Gasteiger partial charge is 0.240 e. The summed E-state index contributed by atoms with van der Waals surface area (Å²) in [7, 11) is 0. The molecule has 1 unspecified atom stereocenters. The summed E-state index contributed by atoms with van der Waals surface area (Å²) in [6, 6.07) is 13.9. The van der Waals surface area contributed by atoms with Gasteiger partial charge in [-0.15, -0.1) is 12.4 Å². The van der Waals surface area contributed by atoms with Crippen LogP contribution in [-0.4, -0.2) is 15.9 Å². The third-order valence-corrected chi connectivity index (χ3v) is 3.78. The molecule has 0 bridgehead atoms. The van der Waals surface area contributed by atoms with Gasteiger partial charge in [0.2, 0.25) is 5.91 Å². The number of nitrogens with zero attached hydrogens (tertiary/aromatic N) is 2. The van der Waals surface area contributed by atoms with E-state index in [1.165, 1.54) is 6.92 Å². The Hall–Kier alpha value is -2.70. The van der Waals surface area contributed by atoms with E-state index >= 15 is 0 Å². The summed E-state index contributed by atoms with van der Waals surface area (Å²) in [6.45, 7) is 3.91. The number of aromatic nitrogens is 2. The second kappa shape index (κ2) is 9.12. The summed E-state index contributed by atoms with van der Waals surface area (Å²) in [6.07, 6.45) is 3.12. The lowest BCUT2D eigenvalue weighted by molar-refractivity contribution is -0.135. The number of pyridine rings is 2. The summed E-state index contributed by atoms with van der Waals surface area (Å²) >= 11 is 0. The van der Waals surface area contributed by atoms with Gasteiger partial charge >= 0.3 is 0 Å². The van der Waals surface area contributed by atoms with Crippen molar-refractivity contribution in [2.45, 2.75) is 26.5 Å². The molecule has 2 aromatic heterocycles. The predicted molar refractivity (Wildman–Crippen MR) is 104 cm³/mol. The van der Waals surface area contributed by atoms with E-state index in [0.717, 1.165) is 27.8 Å². The lowest BCUT2D eigenvalue weighted by atomic mass is 10.1. The van der Waals surface area contributed by atoms with Gasteiger partial charge in [-0.2, -0.15) is 0 Å². The molecule has 2 N–H and O–H groups in total. The van der Waals surface area contributed by atoms with Crippen LogP contribution in [0.4, 0.5) is 5.69 Å². The SMILES string of the molecule is CC(=O)NOC(C)c1cnc2cccnc2c1NCc1ccccc1.Cl. The van der Waals surface area contributed by atoms with Crippen molar-refractivity contribution >= 4 is 35.0 Å². The number of hydrogen-bond donors (Lipinski definition) is 2. The Morgan fingerprint density at radius 3 is 2.65 bits per heavy atom. The predicted octanol–water partition coefficient (Wildman–Crippen LogP) is 3.79. The molecule has 0 spiro atoms. The molecule has 7 heteroatoms. The van der Waals surface area contributed by atoms with Crippen LogP contribution in [0.1, 0.15) is 31.1 Å². The quantitative estimate of drug-likeness (QED) is 0.644. The molecule has 1 aromatic carbocycles. The van der Waals surface area contributed by atoms with Crippen LogP contribution < -0.4 is 10.8 Å². The Kier molecular flexibility index (Phi) is 6.89. The average molecular weight is 373 g/mol. The molecular formula is C19H21ClN4O2. The molecule has 3 aromatic rings. The van der Waals surface area contributed by atoms with Gasteiger partial charge in [-0.3, -0.25) is 19.6 Å². The standard InChI is InChI=1S/C19H20N4O2.ClH/c1-13(25-23-14(2)24)16-12-21-17-9-6-10-20-19(17)18(16)22-11-15-7-4-3-5-8-15;/h3-10,12-13H,11H2,1-2H3,(H,21,22)(H,23,24);1H. The lowest BCUT2D eigenvalue weighted by Crippen LogP contribution is -2.22. The molecule has 0 radical (unpaired) electrons. The molecule has 26 heavy (non-hydrogen) atoms. The molecular weight excluding hydrogens is 352 g/mol. The normalized spacial score (nSPS) is 11.5. The van der Waals surface area contributed by atoms with Crippen LogP contribution >= 0.6 is 12.4 Å². The molecule has 1 atom stereocenters. The number of rotatable bonds is 6. The van der Waals surface area contributed by atoms with Crippen molar-refractivity contribution in [3.63, 3.8) is 0 Å². The summed E-state index contributed by atoms with van der Waals surface area (Å²) in [4.78, 5) is 25.4. The van der Waals surface area contributed by atoms with E-state index in [2.05, 4.69) is 32.9 Å². The highest BCUT2D eigenvalue weighted by Crippen LogP contribution is 2.30. The zero-order chi connectivity index (χ0) is 17.6. The van der Waals surface area contributed by atoms with Crippen molar-refractivity contribution in [3.8, 4) is 0 Å². The minimum Gasteiger partial charge on any atom is -0.379 e. The second-order valence-corrected chi connectivity index (χ2v) is 5.72. The van der Waals surface area contributed by atoms with E-state index < -0.39 is 0 Å². The number of fused-ring (bicyclic) bond motifs is 1. The van der Waals surface area contributed by atoms with Gasteiger partial charge in [0.25, 0.3) is 0 Å². The first-order chi connectivity index (χ1) is 12.1. The third-order valence-electron chi connectivity index (χ3n) is 3.78. The first-order valence-electron chi connectivity index (χ1n) is 8.09. The van der Waals surface area contributed by atoms with Crippen LogP contribution in [0.15, 0.2) is 54.9 Å². The summed E-state index contributed by atoms with van der Waals surface area (Å²) in [5.74, 6) is -0.252. The zero-order valence-corrected chi connectivity index (χ0v) is 15.4. The van der Waals surface area contributed by atoms with E-state index in [1.807, 2.05) is 37.3 Å². The van der Waals surface area contributed by atoms with Crippen LogP contribution in [0.3, 0.4) is 0 Å². The van der Waals surface area contributed by atoms with Gasteiger partial charge in [0.1, 0.15) is 11.6 Å². The van der Waals surface area contributed by atoms with Gasteiger partial charge in [-0.1, -0.05) is 30.3 Å². The van der Waals surface area contributed by atoms with Gasteiger partial charge in [-0.05, 0) is 24.6 Å². The Bertz CT molecular complexity index is 874. The Labute approximate surface area is 158 Å². The topological polar surface area (TPSA) is 76.1 Å². The highest BCUT2D eigenvalue weighted by molar-refractivity contribution is 5.89. The van der Waals surface area contributed by atoms with Crippen molar-refractivity contribution < 1.29 is 9.63 Å². The minimum atomic E-state index is -0.374. The third kappa shape index (κ3) is 4.68. The van der Waals surface area contributed by atoms with E-state index in [0.29, 0.717) is 6.54 Å². The number of benzene rings is 1. The number of carbonyl (C=O) groups is 1. The number of carbonyl (C=O) groups excluding carboxylic acids is 1. The summed E-state index contributed by atoms with van der Waals surface area (Å²) in [5.41, 5.74) is 6.79. The molecule has 0 aliphatic heterocycles. The number of halogens is 1. The fraction of sp³-hybridized carbons (Fsp3) is 0.211. The monoisotopic (exact) mass is 372 g/mol. The Morgan fingerprint density at radius 2 is 1.92 bits per heavy atom. The number of anilines is 1. The largest absolute Gasteiger partial charge is 0.379 e. The van der Waals surface area contributed by atoms with Gasteiger partial charge in [-0.25, -0.2) is 5.48 Å². The first-order valence-corrected chi connectivity index (χ1v) is 8.09. The van der Waals surface area contributed by atoms with Gasteiger partial charge in [0.15, 0.2) is 0 Å².